The zero-order valence-electron chi connectivity index (χ0n) is 13.7. The summed E-state index contributed by atoms with van der Waals surface area (Å²) >= 11 is 0. The van der Waals surface area contributed by atoms with Gasteiger partial charge in [0.2, 0.25) is 5.91 Å². The van der Waals surface area contributed by atoms with Crippen LogP contribution >= 0.6 is 0 Å². The van der Waals surface area contributed by atoms with Crippen molar-refractivity contribution in [3.63, 3.8) is 0 Å². The number of benzene rings is 1. The molecular formula is C17H20FN3O3. The lowest BCUT2D eigenvalue weighted by atomic mass is 9.91. The lowest BCUT2D eigenvalue weighted by Crippen LogP contribution is -2.44. The van der Waals surface area contributed by atoms with Gasteiger partial charge in [-0.1, -0.05) is 18.2 Å². The van der Waals surface area contributed by atoms with Crippen LogP contribution < -0.4 is 5.32 Å². The van der Waals surface area contributed by atoms with E-state index in [0.717, 1.165) is 17.7 Å². The number of hydrogen-bond acceptors (Lipinski definition) is 3. The van der Waals surface area contributed by atoms with Gasteiger partial charge in [0.15, 0.2) is 0 Å². The van der Waals surface area contributed by atoms with Crippen molar-refractivity contribution in [2.75, 3.05) is 20.1 Å². The molecule has 24 heavy (non-hydrogen) atoms. The Kier molecular flexibility index (Phi) is 4.03. The lowest BCUT2D eigenvalue weighted by molar-refractivity contribution is -0.138. The van der Waals surface area contributed by atoms with Crippen molar-refractivity contribution in [3.05, 3.63) is 35.6 Å². The molecule has 7 heteroatoms. The zero-order chi connectivity index (χ0) is 17.5. The molecule has 4 amide bonds. The molecule has 1 aliphatic heterocycles. The van der Waals surface area contributed by atoms with E-state index in [1.165, 1.54) is 30.0 Å². The van der Waals surface area contributed by atoms with Crippen LogP contribution in [0.1, 0.15) is 25.3 Å². The van der Waals surface area contributed by atoms with Crippen LogP contribution in [0.5, 0.6) is 0 Å². The summed E-state index contributed by atoms with van der Waals surface area (Å²) in [5.74, 6) is -0.979. The fraction of sp³-hybridized carbons (Fsp3) is 0.471. The first-order valence-corrected chi connectivity index (χ1v) is 7.96. The van der Waals surface area contributed by atoms with Crippen molar-refractivity contribution in [2.45, 2.75) is 25.3 Å². The van der Waals surface area contributed by atoms with Crippen molar-refractivity contribution >= 4 is 17.8 Å². The summed E-state index contributed by atoms with van der Waals surface area (Å²) in [6.45, 7) is 1.75. The molecule has 0 bridgehead atoms. The topological polar surface area (TPSA) is 69.7 Å². The van der Waals surface area contributed by atoms with Crippen molar-refractivity contribution in [1.82, 2.24) is 15.1 Å². The second-order valence-corrected chi connectivity index (χ2v) is 6.64. The predicted octanol–water partition coefficient (Wildman–Crippen LogP) is 1.46. The van der Waals surface area contributed by atoms with Crippen molar-refractivity contribution in [1.29, 1.82) is 0 Å². The minimum Gasteiger partial charge on any atom is -0.344 e. The molecule has 1 atom stereocenters. The van der Waals surface area contributed by atoms with Crippen LogP contribution in [0.25, 0.3) is 0 Å². The molecule has 0 aromatic heterocycles. The van der Waals surface area contributed by atoms with E-state index in [1.807, 2.05) is 0 Å². The Hall–Kier alpha value is -2.44. The minimum absolute atomic E-state index is 0.0876. The average Bonchev–Trinajstić information content (AvgIpc) is 3.32. The first-order valence-electron chi connectivity index (χ1n) is 7.96. The molecule has 1 heterocycles. The Bertz CT molecular complexity index is 704. The molecule has 0 spiro atoms. The standard InChI is InChI=1S/C17H20FN3O3/c1-17(12-5-3-4-6-13(12)18)15(23)21(16(24)19-17)10-14(22)20(2)9-11-7-8-11/h3-6,11H,7-10H2,1-2H3,(H,19,24)/t17-/m1/s1. The molecular weight excluding hydrogens is 313 g/mol. The first kappa shape index (κ1) is 16.4. The van der Waals surface area contributed by atoms with E-state index in [-0.39, 0.29) is 18.0 Å². The number of urea groups is 1. The van der Waals surface area contributed by atoms with Gasteiger partial charge in [0, 0.05) is 19.2 Å². The maximum absolute atomic E-state index is 14.1. The van der Waals surface area contributed by atoms with Gasteiger partial charge in [-0.15, -0.1) is 0 Å². The van der Waals surface area contributed by atoms with E-state index >= 15 is 0 Å². The van der Waals surface area contributed by atoms with Gasteiger partial charge in [-0.3, -0.25) is 14.5 Å². The average molecular weight is 333 g/mol. The van der Waals surface area contributed by atoms with E-state index < -0.39 is 23.3 Å². The minimum atomic E-state index is -1.50. The molecule has 3 rings (SSSR count). The van der Waals surface area contributed by atoms with E-state index in [4.69, 9.17) is 0 Å². The highest BCUT2D eigenvalue weighted by Gasteiger charge is 2.50. The third-order valence-corrected chi connectivity index (χ3v) is 4.64. The third-order valence-electron chi connectivity index (χ3n) is 4.64. The van der Waals surface area contributed by atoms with Crippen LogP contribution in [0.2, 0.25) is 0 Å². The van der Waals surface area contributed by atoms with E-state index in [1.54, 1.807) is 13.1 Å². The fourth-order valence-corrected chi connectivity index (χ4v) is 2.94. The van der Waals surface area contributed by atoms with Gasteiger partial charge in [0.25, 0.3) is 5.91 Å². The summed E-state index contributed by atoms with van der Waals surface area (Å²) in [7, 11) is 1.66. The molecule has 1 aliphatic carbocycles. The van der Waals surface area contributed by atoms with Crippen LogP contribution in [0.3, 0.4) is 0 Å². The largest absolute Gasteiger partial charge is 0.344 e. The Morgan fingerprint density at radius 1 is 1.38 bits per heavy atom. The summed E-state index contributed by atoms with van der Waals surface area (Å²) in [4.78, 5) is 39.5. The Morgan fingerprint density at radius 2 is 2.04 bits per heavy atom. The summed E-state index contributed by atoms with van der Waals surface area (Å²) in [5.41, 5.74) is -1.41. The van der Waals surface area contributed by atoms with E-state index in [9.17, 15) is 18.8 Å². The smallest absolute Gasteiger partial charge is 0.325 e. The second-order valence-electron chi connectivity index (χ2n) is 6.64. The number of carbonyl (C=O) groups is 3. The molecule has 2 aliphatic rings. The first-order chi connectivity index (χ1) is 11.3. The molecule has 1 aromatic carbocycles. The maximum Gasteiger partial charge on any atom is 0.325 e. The number of carbonyl (C=O) groups excluding carboxylic acids is 3. The lowest BCUT2D eigenvalue weighted by Gasteiger charge is -2.23. The molecule has 1 aromatic rings. The van der Waals surface area contributed by atoms with E-state index in [0.29, 0.717) is 12.5 Å². The van der Waals surface area contributed by atoms with Crippen molar-refractivity contribution in [2.24, 2.45) is 5.92 Å². The summed E-state index contributed by atoms with van der Waals surface area (Å²) in [6.07, 6.45) is 2.21. The summed E-state index contributed by atoms with van der Waals surface area (Å²) < 4.78 is 14.1. The molecule has 0 unspecified atom stereocenters. The maximum atomic E-state index is 14.1. The van der Waals surface area contributed by atoms with E-state index in [2.05, 4.69) is 5.32 Å². The Labute approximate surface area is 139 Å². The number of nitrogens with zero attached hydrogens (tertiary/aromatic N) is 2. The highest BCUT2D eigenvalue weighted by atomic mass is 19.1. The van der Waals surface area contributed by atoms with Gasteiger partial charge >= 0.3 is 6.03 Å². The van der Waals surface area contributed by atoms with Gasteiger partial charge < -0.3 is 10.2 Å². The summed E-state index contributed by atoms with van der Waals surface area (Å²) in [6, 6.07) is 5.12. The Balaban J connectivity index is 1.76. The number of hydrogen-bond donors (Lipinski definition) is 1. The normalized spacial score (nSPS) is 23.4. The van der Waals surface area contributed by atoms with Crippen LogP contribution in [-0.2, 0) is 15.1 Å². The molecule has 6 nitrogen and oxygen atoms in total. The molecule has 128 valence electrons. The highest BCUT2D eigenvalue weighted by molar-refractivity contribution is 6.09. The summed E-state index contributed by atoms with van der Waals surface area (Å²) in [5, 5.41) is 2.51. The van der Waals surface area contributed by atoms with Crippen molar-refractivity contribution < 1.29 is 18.8 Å². The highest BCUT2D eigenvalue weighted by Crippen LogP contribution is 2.31. The quantitative estimate of drug-likeness (QED) is 0.830. The van der Waals surface area contributed by atoms with Gasteiger partial charge in [-0.05, 0) is 31.7 Å². The molecule has 2 fully saturated rings. The van der Waals surface area contributed by atoms with Crippen LogP contribution in [0.4, 0.5) is 9.18 Å². The zero-order valence-corrected chi connectivity index (χ0v) is 13.7. The number of nitrogens with one attached hydrogen (secondary N) is 1. The number of imide groups is 1. The monoisotopic (exact) mass is 333 g/mol. The number of amides is 4. The predicted molar refractivity (Wildman–Crippen MR) is 84.4 cm³/mol. The molecule has 1 saturated heterocycles. The van der Waals surface area contributed by atoms with Gasteiger partial charge in [0.1, 0.15) is 17.9 Å². The number of halogens is 1. The fourth-order valence-electron chi connectivity index (χ4n) is 2.94. The third kappa shape index (κ3) is 2.86. The second kappa shape index (κ2) is 5.89. The van der Waals surface area contributed by atoms with Crippen molar-refractivity contribution in [3.8, 4) is 0 Å². The molecule has 1 N–H and O–H groups in total. The van der Waals surface area contributed by atoms with Crippen LogP contribution in [0, 0.1) is 11.7 Å². The van der Waals surface area contributed by atoms with Gasteiger partial charge in [-0.2, -0.15) is 0 Å². The van der Waals surface area contributed by atoms with Gasteiger partial charge in [0.05, 0.1) is 0 Å². The molecule has 1 saturated carbocycles. The number of likely N-dealkylation sites (N-methyl/N-ethyl adjacent to an activating group) is 1. The van der Waals surface area contributed by atoms with Crippen LogP contribution in [0.15, 0.2) is 24.3 Å². The SMILES string of the molecule is CN(CC1CC1)C(=O)CN1C(=O)N[C@](C)(c2ccccc2F)C1=O. The van der Waals surface area contributed by atoms with Crippen LogP contribution in [-0.4, -0.2) is 47.8 Å². The number of rotatable bonds is 5. The Morgan fingerprint density at radius 3 is 2.67 bits per heavy atom. The molecule has 0 radical (unpaired) electrons. The van der Waals surface area contributed by atoms with Gasteiger partial charge in [-0.25, -0.2) is 9.18 Å².